The molecule has 0 heterocycles. The first-order valence-corrected chi connectivity index (χ1v) is 7.63. The third-order valence-electron chi connectivity index (χ3n) is 3.11. The number of benzene rings is 2. The van der Waals surface area contributed by atoms with Crippen molar-refractivity contribution >= 4 is 33.5 Å². The molecular weight excluding hydrogens is 379 g/mol. The summed E-state index contributed by atoms with van der Waals surface area (Å²) in [6.45, 7) is 1.27. The lowest BCUT2D eigenvalue weighted by atomic mass is 10.1. The number of nitrogens with one attached hydrogen (secondary N) is 1. The second kappa shape index (κ2) is 7.70. The molecule has 0 saturated carbocycles. The second-order valence-electron chi connectivity index (χ2n) is 4.89. The molecule has 24 heavy (non-hydrogen) atoms. The van der Waals surface area contributed by atoms with Gasteiger partial charge in [0.05, 0.1) is 17.2 Å². The fraction of sp³-hybridized carbons (Fsp3) is 0.118. The number of hydrogen-bond acceptors (Lipinski definition) is 4. The van der Waals surface area contributed by atoms with E-state index in [1.807, 2.05) is 13.0 Å². The molecular formula is C17H12BrFN2O3. The fourth-order valence-corrected chi connectivity index (χ4v) is 2.39. The number of nitrogens with zero attached hydrogens (tertiary/aromatic N) is 1. The van der Waals surface area contributed by atoms with Crippen molar-refractivity contribution in [3.05, 3.63) is 63.4 Å². The van der Waals surface area contributed by atoms with Gasteiger partial charge in [-0.3, -0.25) is 4.79 Å². The Bertz CT molecular complexity index is 846. The van der Waals surface area contributed by atoms with Gasteiger partial charge in [-0.15, -0.1) is 0 Å². The zero-order valence-electron chi connectivity index (χ0n) is 12.6. The summed E-state index contributed by atoms with van der Waals surface area (Å²) in [5.41, 5.74) is 1.18. The van der Waals surface area contributed by atoms with Gasteiger partial charge >= 0.3 is 5.97 Å². The van der Waals surface area contributed by atoms with Gasteiger partial charge in [-0.05, 0) is 48.9 Å². The summed E-state index contributed by atoms with van der Waals surface area (Å²) in [7, 11) is 0. The van der Waals surface area contributed by atoms with Crippen LogP contribution in [0, 0.1) is 24.1 Å². The Morgan fingerprint density at radius 3 is 2.67 bits per heavy atom. The van der Waals surface area contributed by atoms with Crippen LogP contribution in [0.4, 0.5) is 10.1 Å². The minimum Gasteiger partial charge on any atom is -0.452 e. The molecule has 0 aliphatic heterocycles. The van der Waals surface area contributed by atoms with Crippen molar-refractivity contribution in [2.45, 2.75) is 6.92 Å². The Kier molecular flexibility index (Phi) is 5.66. The Balaban J connectivity index is 1.96. The van der Waals surface area contributed by atoms with Gasteiger partial charge in [0.15, 0.2) is 6.61 Å². The molecule has 2 aromatic carbocycles. The van der Waals surface area contributed by atoms with Crippen LogP contribution in [0.1, 0.15) is 21.5 Å². The molecule has 5 nitrogen and oxygen atoms in total. The highest BCUT2D eigenvalue weighted by molar-refractivity contribution is 9.10. The monoisotopic (exact) mass is 390 g/mol. The lowest BCUT2D eigenvalue weighted by Crippen LogP contribution is -2.21. The first-order chi connectivity index (χ1) is 11.4. The number of ether oxygens (including phenoxy) is 1. The third kappa shape index (κ3) is 4.40. The summed E-state index contributed by atoms with van der Waals surface area (Å²) in [5.74, 6) is -2.38. The molecule has 0 aliphatic carbocycles. The number of esters is 1. The summed E-state index contributed by atoms with van der Waals surface area (Å²) < 4.78 is 19.4. The third-order valence-corrected chi connectivity index (χ3v) is 3.61. The topological polar surface area (TPSA) is 79.2 Å². The van der Waals surface area contributed by atoms with Gasteiger partial charge in [-0.2, -0.15) is 5.26 Å². The van der Waals surface area contributed by atoms with Crippen LogP contribution in [0.5, 0.6) is 0 Å². The minimum atomic E-state index is -0.973. The molecule has 0 bridgehead atoms. The van der Waals surface area contributed by atoms with Gasteiger partial charge < -0.3 is 10.1 Å². The standard InChI is InChI=1S/C17H12BrFN2O3/c1-10-6-12(18)3-5-15(10)21-16(22)9-24-17(23)13-4-2-11(8-20)7-14(13)19/h2-7H,9H2,1H3,(H,21,22). The van der Waals surface area contributed by atoms with Crippen LogP contribution in [0.15, 0.2) is 40.9 Å². The van der Waals surface area contributed by atoms with Crippen molar-refractivity contribution in [2.24, 2.45) is 0 Å². The smallest absolute Gasteiger partial charge is 0.341 e. The highest BCUT2D eigenvalue weighted by Crippen LogP contribution is 2.20. The van der Waals surface area contributed by atoms with E-state index in [4.69, 9.17) is 10.00 Å². The van der Waals surface area contributed by atoms with Crippen molar-refractivity contribution < 1.29 is 18.7 Å². The number of carbonyl (C=O) groups is 2. The van der Waals surface area contributed by atoms with E-state index in [-0.39, 0.29) is 11.1 Å². The number of rotatable bonds is 4. The fourth-order valence-electron chi connectivity index (χ4n) is 1.91. The molecule has 122 valence electrons. The molecule has 2 rings (SSSR count). The van der Waals surface area contributed by atoms with Crippen LogP contribution in [0.3, 0.4) is 0 Å². The van der Waals surface area contributed by atoms with Crippen LogP contribution in [-0.2, 0) is 9.53 Å². The van der Waals surface area contributed by atoms with E-state index in [2.05, 4.69) is 21.2 Å². The maximum Gasteiger partial charge on any atom is 0.341 e. The average Bonchev–Trinajstić information content (AvgIpc) is 2.55. The molecule has 7 heteroatoms. The van der Waals surface area contributed by atoms with Gasteiger partial charge in [0.2, 0.25) is 0 Å². The number of anilines is 1. The molecule has 0 radical (unpaired) electrons. The van der Waals surface area contributed by atoms with Gasteiger partial charge in [0.25, 0.3) is 5.91 Å². The number of halogens is 2. The Hall–Kier alpha value is -2.72. The molecule has 2 aromatic rings. The maximum absolute atomic E-state index is 13.7. The molecule has 0 aromatic heterocycles. The van der Waals surface area contributed by atoms with Crippen molar-refractivity contribution in [3.8, 4) is 6.07 Å². The molecule has 0 spiro atoms. The van der Waals surface area contributed by atoms with E-state index in [1.54, 1.807) is 18.2 Å². The van der Waals surface area contributed by atoms with E-state index >= 15 is 0 Å². The largest absolute Gasteiger partial charge is 0.452 e. The van der Waals surface area contributed by atoms with Crippen LogP contribution in [0.2, 0.25) is 0 Å². The normalized spacial score (nSPS) is 9.92. The van der Waals surface area contributed by atoms with Crippen LogP contribution < -0.4 is 5.32 Å². The summed E-state index contributed by atoms with van der Waals surface area (Å²) in [6.07, 6.45) is 0. The van der Waals surface area contributed by atoms with E-state index in [0.29, 0.717) is 5.69 Å². The molecule has 1 N–H and O–H groups in total. The SMILES string of the molecule is Cc1cc(Br)ccc1NC(=O)COC(=O)c1ccc(C#N)cc1F. The highest BCUT2D eigenvalue weighted by Gasteiger charge is 2.15. The molecule has 1 amide bonds. The van der Waals surface area contributed by atoms with Gasteiger partial charge in [0, 0.05) is 10.2 Å². The van der Waals surface area contributed by atoms with Crippen LogP contribution in [0.25, 0.3) is 0 Å². The zero-order valence-corrected chi connectivity index (χ0v) is 14.2. The zero-order chi connectivity index (χ0) is 17.7. The highest BCUT2D eigenvalue weighted by atomic mass is 79.9. The van der Waals surface area contributed by atoms with Crippen molar-refractivity contribution in [1.82, 2.24) is 0 Å². The second-order valence-corrected chi connectivity index (χ2v) is 5.81. The number of carbonyl (C=O) groups excluding carboxylic acids is 2. The molecule has 0 saturated heterocycles. The van der Waals surface area contributed by atoms with Crippen molar-refractivity contribution in [3.63, 3.8) is 0 Å². The van der Waals surface area contributed by atoms with E-state index in [9.17, 15) is 14.0 Å². The summed E-state index contributed by atoms with van der Waals surface area (Å²) >= 11 is 3.32. The number of hydrogen-bond donors (Lipinski definition) is 1. The molecule has 0 unspecified atom stereocenters. The first kappa shape index (κ1) is 17.6. The molecule has 0 aliphatic rings. The Morgan fingerprint density at radius 1 is 1.29 bits per heavy atom. The van der Waals surface area contributed by atoms with Crippen LogP contribution in [-0.4, -0.2) is 18.5 Å². The van der Waals surface area contributed by atoms with Crippen molar-refractivity contribution in [1.29, 1.82) is 5.26 Å². The summed E-state index contributed by atoms with van der Waals surface area (Å²) in [4.78, 5) is 23.6. The van der Waals surface area contributed by atoms with Gasteiger partial charge in [-0.25, -0.2) is 9.18 Å². The predicted molar refractivity (Wildman–Crippen MR) is 88.9 cm³/mol. The molecule has 0 atom stereocenters. The quantitative estimate of drug-likeness (QED) is 0.809. The average molecular weight is 391 g/mol. The lowest BCUT2D eigenvalue weighted by Gasteiger charge is -2.09. The number of amides is 1. The first-order valence-electron chi connectivity index (χ1n) is 6.83. The maximum atomic E-state index is 13.7. The van der Waals surface area contributed by atoms with E-state index < -0.39 is 24.3 Å². The van der Waals surface area contributed by atoms with Crippen LogP contribution >= 0.6 is 15.9 Å². The minimum absolute atomic E-state index is 0.0903. The van der Waals surface area contributed by atoms with E-state index in [1.165, 1.54) is 6.07 Å². The van der Waals surface area contributed by atoms with Gasteiger partial charge in [0.1, 0.15) is 5.82 Å². The number of aryl methyl sites for hydroxylation is 1. The van der Waals surface area contributed by atoms with Crippen molar-refractivity contribution in [2.75, 3.05) is 11.9 Å². The summed E-state index contributed by atoms with van der Waals surface area (Å²) in [5, 5.41) is 11.3. The van der Waals surface area contributed by atoms with Gasteiger partial charge in [-0.1, -0.05) is 15.9 Å². The van der Waals surface area contributed by atoms with E-state index in [0.717, 1.165) is 22.2 Å². The molecule has 0 fully saturated rings. The number of nitriles is 1. The Morgan fingerprint density at radius 2 is 2.04 bits per heavy atom. The Labute approximate surface area is 146 Å². The predicted octanol–water partition coefficient (Wildman–Crippen LogP) is 3.56. The summed E-state index contributed by atoms with van der Waals surface area (Å²) in [6, 6.07) is 10.4. The lowest BCUT2D eigenvalue weighted by molar-refractivity contribution is -0.119.